The minimum absolute atomic E-state index is 0.0819. The van der Waals surface area contributed by atoms with Crippen LogP contribution in [0.15, 0.2) is 60.2 Å². The van der Waals surface area contributed by atoms with E-state index in [9.17, 15) is 19.5 Å². The number of hydrogen-bond acceptors (Lipinski definition) is 7. The van der Waals surface area contributed by atoms with Crippen molar-refractivity contribution in [3.05, 3.63) is 76.2 Å². The molecule has 1 aliphatic heterocycles. The van der Waals surface area contributed by atoms with Gasteiger partial charge in [-0.25, -0.2) is 4.79 Å². The number of rotatable bonds is 13. The molecule has 3 aromatic rings. The molecule has 0 saturated heterocycles. The molecule has 3 N–H and O–H groups in total. The molecule has 0 radical (unpaired) electrons. The zero-order chi connectivity index (χ0) is 27.6. The Balaban J connectivity index is 1.50. The van der Waals surface area contributed by atoms with Crippen LogP contribution in [0.2, 0.25) is 0 Å². The number of nitrogens with one attached hydrogen (secondary N) is 2. The second-order valence-electron chi connectivity index (χ2n) is 9.21. The number of amides is 3. The Hall–Kier alpha value is -4.12. The first-order valence-corrected chi connectivity index (χ1v) is 13.7. The third-order valence-electron chi connectivity index (χ3n) is 6.27. The van der Waals surface area contributed by atoms with E-state index >= 15 is 0 Å². The fourth-order valence-electron chi connectivity index (χ4n) is 4.32. The van der Waals surface area contributed by atoms with Crippen LogP contribution in [-0.4, -0.2) is 45.7 Å². The zero-order valence-electron chi connectivity index (χ0n) is 21.7. The average Bonchev–Trinajstić information content (AvgIpc) is 3.62. The van der Waals surface area contributed by atoms with Crippen LogP contribution in [-0.2, 0) is 22.7 Å². The lowest BCUT2D eigenvalue weighted by Gasteiger charge is -2.28. The van der Waals surface area contributed by atoms with E-state index in [1.807, 2.05) is 36.6 Å². The van der Waals surface area contributed by atoms with Gasteiger partial charge in [-0.05, 0) is 47.2 Å². The van der Waals surface area contributed by atoms with Crippen LogP contribution in [0.1, 0.15) is 54.7 Å². The molecule has 2 atom stereocenters. The monoisotopic (exact) mass is 552 g/mol. The van der Waals surface area contributed by atoms with Gasteiger partial charge < -0.3 is 30.1 Å². The summed E-state index contributed by atoms with van der Waals surface area (Å²) in [6, 6.07) is 10.4. The van der Waals surface area contributed by atoms with Gasteiger partial charge in [-0.1, -0.05) is 38.0 Å². The van der Waals surface area contributed by atoms with Crippen LogP contribution in [0, 0.1) is 0 Å². The number of hydrogen-bond donors (Lipinski definition) is 3. The van der Waals surface area contributed by atoms with Crippen LogP contribution in [0.3, 0.4) is 0 Å². The molecule has 11 heteroatoms. The van der Waals surface area contributed by atoms with Crippen LogP contribution in [0.25, 0.3) is 0 Å². The van der Waals surface area contributed by atoms with Crippen LogP contribution in [0.5, 0.6) is 11.5 Å². The SMILES string of the molecule is CCCC[C@H](NC(=O)N[C@@H](CC(=O)O)c1ccc2c(c1)OCO2)C(=O)N(Cc1cccnc1)Cc1cccs1. The number of carbonyl (C=O) groups is 3. The predicted octanol–water partition coefficient (Wildman–Crippen LogP) is 4.47. The molecule has 206 valence electrons. The molecule has 10 nitrogen and oxygen atoms in total. The van der Waals surface area contributed by atoms with Crippen LogP contribution in [0.4, 0.5) is 4.79 Å². The van der Waals surface area contributed by atoms with Crippen molar-refractivity contribution in [2.45, 2.75) is 57.8 Å². The normalized spacial score (nSPS) is 13.4. The van der Waals surface area contributed by atoms with Crippen molar-refractivity contribution in [1.29, 1.82) is 0 Å². The molecule has 0 bridgehead atoms. The molecule has 0 saturated carbocycles. The van der Waals surface area contributed by atoms with Crippen molar-refractivity contribution in [1.82, 2.24) is 20.5 Å². The highest BCUT2D eigenvalue weighted by molar-refractivity contribution is 7.09. The maximum Gasteiger partial charge on any atom is 0.315 e. The Bertz CT molecular complexity index is 1250. The second kappa shape index (κ2) is 13.6. The molecule has 39 heavy (non-hydrogen) atoms. The van der Waals surface area contributed by atoms with Gasteiger partial charge in [0.1, 0.15) is 6.04 Å². The number of ether oxygens (including phenoxy) is 2. The van der Waals surface area contributed by atoms with Gasteiger partial charge in [-0.15, -0.1) is 11.3 Å². The summed E-state index contributed by atoms with van der Waals surface area (Å²) in [5.41, 5.74) is 1.44. The number of pyridine rings is 1. The fourth-order valence-corrected chi connectivity index (χ4v) is 5.03. The Morgan fingerprint density at radius 1 is 1.10 bits per heavy atom. The van der Waals surface area contributed by atoms with E-state index in [-0.39, 0.29) is 19.1 Å². The summed E-state index contributed by atoms with van der Waals surface area (Å²) in [4.78, 5) is 45.5. The first kappa shape index (κ1) is 27.9. The van der Waals surface area contributed by atoms with E-state index in [4.69, 9.17) is 9.47 Å². The third-order valence-corrected chi connectivity index (χ3v) is 7.13. The summed E-state index contributed by atoms with van der Waals surface area (Å²) in [6.45, 7) is 2.84. The van der Waals surface area contributed by atoms with Crippen molar-refractivity contribution in [3.63, 3.8) is 0 Å². The van der Waals surface area contributed by atoms with E-state index in [0.29, 0.717) is 36.6 Å². The van der Waals surface area contributed by atoms with E-state index in [2.05, 4.69) is 15.6 Å². The maximum absolute atomic E-state index is 13.8. The maximum atomic E-state index is 13.8. The van der Waals surface area contributed by atoms with Crippen LogP contribution >= 0.6 is 11.3 Å². The minimum atomic E-state index is -1.07. The van der Waals surface area contributed by atoms with Gasteiger partial charge in [-0.2, -0.15) is 0 Å². The summed E-state index contributed by atoms with van der Waals surface area (Å²) >= 11 is 1.56. The van der Waals surface area contributed by atoms with E-state index in [0.717, 1.165) is 23.3 Å². The van der Waals surface area contributed by atoms with Crippen molar-refractivity contribution >= 4 is 29.2 Å². The molecule has 0 fully saturated rings. The van der Waals surface area contributed by atoms with Gasteiger partial charge in [0.05, 0.1) is 19.0 Å². The average molecular weight is 553 g/mol. The highest BCUT2D eigenvalue weighted by Gasteiger charge is 2.28. The van der Waals surface area contributed by atoms with E-state index in [1.54, 1.807) is 46.8 Å². The number of urea groups is 1. The van der Waals surface area contributed by atoms with E-state index in [1.165, 1.54) is 0 Å². The number of carbonyl (C=O) groups excluding carboxylic acids is 2. The Kier molecular flexibility index (Phi) is 9.74. The molecule has 0 spiro atoms. The third kappa shape index (κ3) is 7.93. The van der Waals surface area contributed by atoms with E-state index < -0.39 is 24.1 Å². The Morgan fingerprint density at radius 3 is 2.67 bits per heavy atom. The Morgan fingerprint density at radius 2 is 1.95 bits per heavy atom. The zero-order valence-corrected chi connectivity index (χ0v) is 22.5. The number of aromatic nitrogens is 1. The summed E-state index contributed by atoms with van der Waals surface area (Å²) in [6.07, 6.45) is 5.09. The van der Waals surface area contributed by atoms with Gasteiger partial charge in [0.2, 0.25) is 12.7 Å². The topological polar surface area (TPSA) is 130 Å². The molecule has 2 aromatic heterocycles. The first-order chi connectivity index (χ1) is 18.9. The second-order valence-corrected chi connectivity index (χ2v) is 10.2. The molecule has 3 amide bonds. The number of thiophene rings is 1. The smallest absolute Gasteiger partial charge is 0.315 e. The Labute approximate surface area is 231 Å². The molecule has 4 rings (SSSR count). The highest BCUT2D eigenvalue weighted by Crippen LogP contribution is 2.34. The van der Waals surface area contributed by atoms with Crippen molar-refractivity contribution in [3.8, 4) is 11.5 Å². The summed E-state index contributed by atoms with van der Waals surface area (Å²) < 4.78 is 10.7. The predicted molar refractivity (Wildman–Crippen MR) is 145 cm³/mol. The largest absolute Gasteiger partial charge is 0.481 e. The molecule has 0 unspecified atom stereocenters. The van der Waals surface area contributed by atoms with Gasteiger partial charge in [-0.3, -0.25) is 14.6 Å². The molecule has 1 aromatic carbocycles. The molecule has 1 aliphatic rings. The van der Waals surface area contributed by atoms with Crippen molar-refractivity contribution < 1.29 is 29.0 Å². The fraction of sp³-hybridized carbons (Fsp3) is 0.357. The lowest BCUT2D eigenvalue weighted by atomic mass is 10.0. The number of carboxylic acid groups (broad SMARTS) is 1. The number of unbranched alkanes of at least 4 members (excludes halogenated alkanes) is 1. The number of fused-ring (bicyclic) bond motifs is 1. The summed E-state index contributed by atoms with van der Waals surface area (Å²) in [5, 5.41) is 17.0. The number of benzene rings is 1. The number of aliphatic carboxylic acids is 1. The van der Waals surface area contributed by atoms with Crippen molar-refractivity contribution in [2.75, 3.05) is 6.79 Å². The summed E-state index contributed by atoms with van der Waals surface area (Å²) in [7, 11) is 0. The standard InChI is InChI=1S/C28H32N4O6S/c1-2-3-8-22(27(35)32(17-21-7-5-12-39-21)16-19-6-4-11-29-15-19)30-28(36)31-23(14-26(33)34)20-9-10-24-25(13-20)38-18-37-24/h4-7,9-13,15,22-23H,2-3,8,14,16-18H2,1H3,(H,33,34)(H2,30,31,36)/t22-,23-/m0/s1. The highest BCUT2D eigenvalue weighted by atomic mass is 32.1. The minimum Gasteiger partial charge on any atom is -0.481 e. The molecular weight excluding hydrogens is 520 g/mol. The molecular formula is C28H32N4O6S. The molecule has 3 heterocycles. The molecule has 0 aliphatic carbocycles. The number of nitrogens with zero attached hydrogens (tertiary/aromatic N) is 2. The lowest BCUT2D eigenvalue weighted by Crippen LogP contribution is -2.51. The van der Waals surface area contributed by atoms with Gasteiger partial charge in [0.25, 0.3) is 0 Å². The van der Waals surface area contributed by atoms with Gasteiger partial charge >= 0.3 is 12.0 Å². The first-order valence-electron chi connectivity index (χ1n) is 12.8. The van der Waals surface area contributed by atoms with Gasteiger partial charge in [0, 0.05) is 23.8 Å². The number of carboxylic acids is 1. The lowest BCUT2D eigenvalue weighted by molar-refractivity contribution is -0.137. The summed E-state index contributed by atoms with van der Waals surface area (Å²) in [5.74, 6) is -0.244. The quantitative estimate of drug-likeness (QED) is 0.285. The van der Waals surface area contributed by atoms with Crippen molar-refractivity contribution in [2.24, 2.45) is 0 Å². The van der Waals surface area contributed by atoms with Crippen LogP contribution < -0.4 is 20.1 Å². The van der Waals surface area contributed by atoms with Gasteiger partial charge in [0.15, 0.2) is 11.5 Å².